The standard InChI is InChI=1S/C52H41N/c1-51(2)47-17-11-10-16-43(47)45-28-25-41(32-49(45)51)53(40-23-20-36(21-24-40)38-19-18-35-14-8-9-15-37(35)30-38)42-26-29-46-44-27-22-39(34-12-6-5-7-13-34)31-48(44)52(3,4)50(46)33-42/h5-33H,1-4H3. The summed E-state index contributed by atoms with van der Waals surface area (Å²) in [6.45, 7) is 9.49. The van der Waals surface area contributed by atoms with Crippen molar-refractivity contribution in [2.45, 2.75) is 38.5 Å². The molecule has 0 bridgehead atoms. The Bertz CT molecular complexity index is 2710. The molecule has 0 unspecified atom stereocenters. The second kappa shape index (κ2) is 11.7. The zero-order valence-electron chi connectivity index (χ0n) is 30.7. The largest absolute Gasteiger partial charge is 0.310 e. The summed E-state index contributed by atoms with van der Waals surface area (Å²) in [4.78, 5) is 2.46. The Kier molecular flexibility index (Phi) is 6.94. The highest BCUT2D eigenvalue weighted by molar-refractivity contribution is 5.91. The molecule has 0 heterocycles. The van der Waals surface area contributed by atoms with Crippen molar-refractivity contribution < 1.29 is 0 Å². The Balaban J connectivity index is 1.10. The molecule has 0 spiro atoms. The number of nitrogens with zero attached hydrogens (tertiary/aromatic N) is 1. The van der Waals surface area contributed by atoms with Crippen LogP contribution < -0.4 is 4.90 Å². The van der Waals surface area contributed by atoms with Crippen molar-refractivity contribution in [3.63, 3.8) is 0 Å². The van der Waals surface area contributed by atoms with Crippen LogP contribution in [-0.4, -0.2) is 0 Å². The Labute approximate surface area is 312 Å². The molecule has 254 valence electrons. The van der Waals surface area contributed by atoms with E-state index in [9.17, 15) is 0 Å². The van der Waals surface area contributed by atoms with E-state index in [-0.39, 0.29) is 10.8 Å². The molecule has 0 fully saturated rings. The van der Waals surface area contributed by atoms with Gasteiger partial charge in [-0.15, -0.1) is 0 Å². The maximum atomic E-state index is 2.46. The maximum absolute atomic E-state index is 2.46. The van der Waals surface area contributed by atoms with Crippen LogP contribution >= 0.6 is 0 Å². The van der Waals surface area contributed by atoms with Gasteiger partial charge in [0.2, 0.25) is 0 Å². The van der Waals surface area contributed by atoms with Crippen molar-refractivity contribution in [3.05, 3.63) is 198 Å². The van der Waals surface area contributed by atoms with Gasteiger partial charge in [-0.3, -0.25) is 0 Å². The van der Waals surface area contributed by atoms with E-state index in [2.05, 4.69) is 209 Å². The molecule has 0 saturated carbocycles. The molecule has 0 amide bonds. The highest BCUT2D eigenvalue weighted by Gasteiger charge is 2.38. The molecular formula is C52H41N. The fourth-order valence-electron chi connectivity index (χ4n) is 9.13. The zero-order chi connectivity index (χ0) is 35.9. The molecule has 2 aliphatic carbocycles. The van der Waals surface area contributed by atoms with Crippen LogP contribution in [0.1, 0.15) is 49.9 Å². The van der Waals surface area contributed by atoms with Crippen LogP contribution in [0.15, 0.2) is 176 Å². The molecule has 0 aromatic heterocycles. The molecule has 1 nitrogen and oxygen atoms in total. The van der Waals surface area contributed by atoms with E-state index in [1.807, 2.05) is 0 Å². The van der Waals surface area contributed by atoms with Crippen LogP contribution in [0.5, 0.6) is 0 Å². The first-order valence-electron chi connectivity index (χ1n) is 18.8. The number of benzene rings is 8. The minimum absolute atomic E-state index is 0.0917. The van der Waals surface area contributed by atoms with Gasteiger partial charge >= 0.3 is 0 Å². The zero-order valence-corrected chi connectivity index (χ0v) is 30.7. The van der Waals surface area contributed by atoms with Crippen molar-refractivity contribution in [1.29, 1.82) is 0 Å². The molecule has 0 radical (unpaired) electrons. The van der Waals surface area contributed by atoms with Crippen LogP contribution in [0.3, 0.4) is 0 Å². The summed E-state index contributed by atoms with van der Waals surface area (Å²) in [7, 11) is 0. The summed E-state index contributed by atoms with van der Waals surface area (Å²) in [6, 6.07) is 65.3. The summed E-state index contributed by atoms with van der Waals surface area (Å²) < 4.78 is 0. The van der Waals surface area contributed by atoms with Gasteiger partial charge < -0.3 is 4.90 Å². The van der Waals surface area contributed by atoms with Gasteiger partial charge in [0, 0.05) is 27.9 Å². The Morgan fingerprint density at radius 1 is 0.302 bits per heavy atom. The first-order chi connectivity index (χ1) is 25.8. The van der Waals surface area contributed by atoms with E-state index < -0.39 is 0 Å². The topological polar surface area (TPSA) is 3.24 Å². The fraction of sp³-hybridized carbons (Fsp3) is 0.115. The molecule has 0 atom stereocenters. The Hall–Kier alpha value is -6.18. The van der Waals surface area contributed by atoms with Gasteiger partial charge in [0.25, 0.3) is 0 Å². The predicted octanol–water partition coefficient (Wildman–Crippen LogP) is 14.3. The lowest BCUT2D eigenvalue weighted by atomic mass is 9.81. The third kappa shape index (κ3) is 4.91. The van der Waals surface area contributed by atoms with Gasteiger partial charge in [-0.05, 0) is 126 Å². The molecule has 2 aliphatic rings. The van der Waals surface area contributed by atoms with Gasteiger partial charge in [0.1, 0.15) is 0 Å². The minimum atomic E-state index is -0.154. The second-order valence-corrected chi connectivity index (χ2v) is 15.8. The highest BCUT2D eigenvalue weighted by Crippen LogP contribution is 2.53. The molecule has 0 N–H and O–H groups in total. The number of fused-ring (bicyclic) bond motifs is 7. The Morgan fingerprint density at radius 3 is 1.45 bits per heavy atom. The lowest BCUT2D eigenvalue weighted by molar-refractivity contribution is 0.660. The quantitative estimate of drug-likeness (QED) is 0.175. The van der Waals surface area contributed by atoms with E-state index in [4.69, 9.17) is 0 Å². The van der Waals surface area contributed by atoms with E-state index in [1.165, 1.54) is 88.9 Å². The van der Waals surface area contributed by atoms with Crippen molar-refractivity contribution >= 4 is 27.8 Å². The lowest BCUT2D eigenvalue weighted by Gasteiger charge is -2.30. The van der Waals surface area contributed by atoms with E-state index in [0.717, 1.165) is 5.69 Å². The fourth-order valence-corrected chi connectivity index (χ4v) is 9.13. The summed E-state index contributed by atoms with van der Waals surface area (Å²) in [5.41, 5.74) is 19.0. The van der Waals surface area contributed by atoms with Crippen LogP contribution in [0.2, 0.25) is 0 Å². The van der Waals surface area contributed by atoms with Gasteiger partial charge in [0.05, 0.1) is 0 Å². The summed E-state index contributed by atoms with van der Waals surface area (Å²) >= 11 is 0. The molecule has 53 heavy (non-hydrogen) atoms. The van der Waals surface area contributed by atoms with Gasteiger partial charge in [-0.1, -0.05) is 155 Å². The number of hydrogen-bond donors (Lipinski definition) is 0. The number of anilines is 3. The van der Waals surface area contributed by atoms with Gasteiger partial charge in [-0.25, -0.2) is 0 Å². The van der Waals surface area contributed by atoms with Crippen molar-refractivity contribution in [3.8, 4) is 44.5 Å². The first kappa shape index (κ1) is 31.5. The average molecular weight is 680 g/mol. The Morgan fingerprint density at radius 2 is 0.755 bits per heavy atom. The van der Waals surface area contributed by atoms with Crippen molar-refractivity contribution in [1.82, 2.24) is 0 Å². The molecule has 0 saturated heterocycles. The lowest BCUT2D eigenvalue weighted by Crippen LogP contribution is -2.18. The molecule has 10 rings (SSSR count). The smallest absolute Gasteiger partial charge is 0.0465 e. The second-order valence-electron chi connectivity index (χ2n) is 15.8. The first-order valence-corrected chi connectivity index (χ1v) is 18.8. The third-order valence-electron chi connectivity index (χ3n) is 12.1. The normalized spacial score (nSPS) is 14.3. The molecule has 8 aromatic carbocycles. The molecule has 8 aromatic rings. The molecule has 1 heteroatoms. The number of hydrogen-bond acceptors (Lipinski definition) is 1. The third-order valence-corrected chi connectivity index (χ3v) is 12.1. The van der Waals surface area contributed by atoms with E-state index in [1.54, 1.807) is 0 Å². The van der Waals surface area contributed by atoms with Crippen molar-refractivity contribution in [2.75, 3.05) is 4.90 Å². The highest BCUT2D eigenvalue weighted by atomic mass is 15.1. The van der Waals surface area contributed by atoms with E-state index in [0.29, 0.717) is 0 Å². The van der Waals surface area contributed by atoms with Crippen LogP contribution in [-0.2, 0) is 10.8 Å². The van der Waals surface area contributed by atoms with Crippen LogP contribution in [0.25, 0.3) is 55.3 Å². The van der Waals surface area contributed by atoms with Crippen LogP contribution in [0, 0.1) is 0 Å². The van der Waals surface area contributed by atoms with E-state index >= 15 is 0 Å². The summed E-state index contributed by atoms with van der Waals surface area (Å²) in [5.74, 6) is 0. The summed E-state index contributed by atoms with van der Waals surface area (Å²) in [5, 5.41) is 2.52. The van der Waals surface area contributed by atoms with Crippen molar-refractivity contribution in [2.24, 2.45) is 0 Å². The minimum Gasteiger partial charge on any atom is -0.310 e. The average Bonchev–Trinajstić information content (AvgIpc) is 3.57. The van der Waals surface area contributed by atoms with Crippen LogP contribution in [0.4, 0.5) is 17.1 Å². The van der Waals surface area contributed by atoms with Gasteiger partial charge in [0.15, 0.2) is 0 Å². The molecular weight excluding hydrogens is 639 g/mol. The SMILES string of the molecule is CC1(C)c2ccccc2-c2ccc(N(c3ccc(-c4ccc5ccccc5c4)cc3)c3ccc4c(c3)C(C)(C)c3cc(-c5ccccc5)ccc3-4)cc21. The summed E-state index contributed by atoms with van der Waals surface area (Å²) in [6.07, 6.45) is 0. The number of rotatable bonds is 5. The van der Waals surface area contributed by atoms with Gasteiger partial charge in [-0.2, -0.15) is 0 Å². The molecule has 0 aliphatic heterocycles. The predicted molar refractivity (Wildman–Crippen MR) is 225 cm³/mol. The maximum Gasteiger partial charge on any atom is 0.0465 e. The monoisotopic (exact) mass is 679 g/mol.